The molecule has 2 rings (SSSR count). The number of amides is 1. The standard InChI is InChI=1S/C14H23ClN4O2/c1-3-11-14(15)12(18(2)17-11)10-16-5-4-13(20)19-6-8-21-9-7-19/h16H,3-10H2,1-2H3. The number of hydrogen-bond donors (Lipinski definition) is 1. The number of aromatic nitrogens is 2. The van der Waals surface area contributed by atoms with Gasteiger partial charge in [-0.25, -0.2) is 0 Å². The van der Waals surface area contributed by atoms with E-state index < -0.39 is 0 Å². The van der Waals surface area contributed by atoms with E-state index in [1.807, 2.05) is 18.9 Å². The molecule has 1 aromatic heterocycles. The molecule has 7 heteroatoms. The summed E-state index contributed by atoms with van der Waals surface area (Å²) in [7, 11) is 1.89. The van der Waals surface area contributed by atoms with Crippen LogP contribution in [0.4, 0.5) is 0 Å². The molecule has 1 N–H and O–H groups in total. The smallest absolute Gasteiger partial charge is 0.224 e. The zero-order valence-corrected chi connectivity index (χ0v) is 13.4. The van der Waals surface area contributed by atoms with E-state index in [2.05, 4.69) is 10.4 Å². The van der Waals surface area contributed by atoms with Gasteiger partial charge in [0.05, 0.1) is 29.6 Å². The number of carbonyl (C=O) groups excluding carboxylic acids is 1. The summed E-state index contributed by atoms with van der Waals surface area (Å²) in [5.74, 6) is 0.177. The molecule has 1 aliphatic heterocycles. The number of nitrogens with zero attached hydrogens (tertiary/aromatic N) is 3. The fourth-order valence-corrected chi connectivity index (χ4v) is 2.75. The summed E-state index contributed by atoms with van der Waals surface area (Å²) in [6, 6.07) is 0. The van der Waals surface area contributed by atoms with Gasteiger partial charge in [0.1, 0.15) is 0 Å². The molecule has 0 unspecified atom stereocenters. The average Bonchev–Trinajstić information content (AvgIpc) is 2.79. The van der Waals surface area contributed by atoms with Gasteiger partial charge in [-0.15, -0.1) is 0 Å². The van der Waals surface area contributed by atoms with Crippen molar-refractivity contribution in [2.24, 2.45) is 7.05 Å². The summed E-state index contributed by atoms with van der Waals surface area (Å²) in [6.45, 7) is 5.98. The summed E-state index contributed by atoms with van der Waals surface area (Å²) in [5, 5.41) is 8.37. The topological polar surface area (TPSA) is 59.4 Å². The first-order valence-corrected chi connectivity index (χ1v) is 7.77. The van der Waals surface area contributed by atoms with Gasteiger partial charge in [0.2, 0.25) is 5.91 Å². The Morgan fingerprint density at radius 1 is 1.43 bits per heavy atom. The first kappa shape index (κ1) is 16.3. The highest BCUT2D eigenvalue weighted by Crippen LogP contribution is 2.20. The third kappa shape index (κ3) is 4.18. The fraction of sp³-hybridized carbons (Fsp3) is 0.714. The van der Waals surface area contributed by atoms with Crippen LogP contribution in [0.15, 0.2) is 0 Å². The molecule has 118 valence electrons. The monoisotopic (exact) mass is 314 g/mol. The number of nitrogens with one attached hydrogen (secondary N) is 1. The largest absolute Gasteiger partial charge is 0.378 e. The summed E-state index contributed by atoms with van der Waals surface area (Å²) in [6.07, 6.45) is 1.32. The molecule has 0 aromatic carbocycles. The van der Waals surface area contributed by atoms with Crippen LogP contribution in [-0.2, 0) is 29.5 Å². The summed E-state index contributed by atoms with van der Waals surface area (Å²) < 4.78 is 7.04. The first-order chi connectivity index (χ1) is 10.1. The van der Waals surface area contributed by atoms with Crippen LogP contribution in [0.2, 0.25) is 5.02 Å². The predicted octanol–water partition coefficient (Wildman–Crippen LogP) is 0.974. The number of halogens is 1. The Morgan fingerprint density at radius 3 is 2.76 bits per heavy atom. The van der Waals surface area contributed by atoms with Crippen LogP contribution in [0, 0.1) is 0 Å². The molecule has 0 saturated carbocycles. The van der Waals surface area contributed by atoms with Crippen LogP contribution >= 0.6 is 11.6 Å². The van der Waals surface area contributed by atoms with Gasteiger partial charge in [-0.1, -0.05) is 18.5 Å². The van der Waals surface area contributed by atoms with Gasteiger partial charge in [0, 0.05) is 39.6 Å². The van der Waals surface area contributed by atoms with Crippen LogP contribution in [0.1, 0.15) is 24.7 Å². The SMILES string of the molecule is CCc1nn(C)c(CNCCC(=O)N2CCOCC2)c1Cl. The average molecular weight is 315 g/mol. The van der Waals surface area contributed by atoms with E-state index in [9.17, 15) is 4.79 Å². The molecule has 0 bridgehead atoms. The Hall–Kier alpha value is -1.11. The van der Waals surface area contributed by atoms with Gasteiger partial charge < -0.3 is 15.0 Å². The number of aryl methyl sites for hydroxylation is 2. The molecule has 2 heterocycles. The number of hydrogen-bond acceptors (Lipinski definition) is 4. The maximum Gasteiger partial charge on any atom is 0.224 e. The summed E-state index contributed by atoms with van der Waals surface area (Å²) >= 11 is 6.28. The number of morpholine rings is 1. The highest BCUT2D eigenvalue weighted by molar-refractivity contribution is 6.31. The van der Waals surface area contributed by atoms with Crippen molar-refractivity contribution in [1.82, 2.24) is 20.0 Å². The number of ether oxygens (including phenoxy) is 1. The number of rotatable bonds is 6. The summed E-state index contributed by atoms with van der Waals surface area (Å²) in [5.41, 5.74) is 1.88. The first-order valence-electron chi connectivity index (χ1n) is 7.40. The van der Waals surface area contributed by atoms with E-state index in [1.54, 1.807) is 4.68 Å². The fourth-order valence-electron chi connectivity index (χ4n) is 2.38. The molecule has 21 heavy (non-hydrogen) atoms. The minimum Gasteiger partial charge on any atom is -0.378 e. The van der Waals surface area contributed by atoms with Crippen molar-refractivity contribution in [2.45, 2.75) is 26.3 Å². The lowest BCUT2D eigenvalue weighted by Crippen LogP contribution is -2.41. The van der Waals surface area contributed by atoms with Crippen LogP contribution in [0.3, 0.4) is 0 Å². The normalized spacial score (nSPS) is 15.5. The maximum atomic E-state index is 12.0. The third-order valence-corrected chi connectivity index (χ3v) is 4.11. The van der Waals surface area contributed by atoms with Crippen molar-refractivity contribution in [3.8, 4) is 0 Å². The number of carbonyl (C=O) groups is 1. The second-order valence-electron chi connectivity index (χ2n) is 5.10. The van der Waals surface area contributed by atoms with Crippen molar-refractivity contribution >= 4 is 17.5 Å². The van der Waals surface area contributed by atoms with E-state index in [-0.39, 0.29) is 5.91 Å². The molecule has 0 spiro atoms. The molecule has 6 nitrogen and oxygen atoms in total. The Labute approximate surface area is 130 Å². The minimum absolute atomic E-state index is 0.177. The molecular formula is C14H23ClN4O2. The van der Waals surface area contributed by atoms with E-state index in [4.69, 9.17) is 16.3 Å². The molecule has 0 atom stereocenters. The lowest BCUT2D eigenvalue weighted by Gasteiger charge is -2.26. The van der Waals surface area contributed by atoms with Crippen molar-refractivity contribution < 1.29 is 9.53 Å². The Bertz CT molecular complexity index is 484. The maximum absolute atomic E-state index is 12.0. The zero-order valence-electron chi connectivity index (χ0n) is 12.7. The van der Waals surface area contributed by atoms with Gasteiger partial charge in [-0.2, -0.15) is 5.10 Å². The minimum atomic E-state index is 0.177. The predicted molar refractivity (Wildman–Crippen MR) is 81.3 cm³/mol. The molecule has 1 aliphatic rings. The van der Waals surface area contributed by atoms with E-state index in [0.29, 0.717) is 45.8 Å². The second-order valence-corrected chi connectivity index (χ2v) is 5.48. The summed E-state index contributed by atoms with van der Waals surface area (Å²) in [4.78, 5) is 13.8. The molecule has 1 aromatic rings. The zero-order chi connectivity index (χ0) is 15.2. The molecule has 1 fully saturated rings. The second kappa shape index (κ2) is 7.77. The Balaban J connectivity index is 1.74. The van der Waals surface area contributed by atoms with Crippen molar-refractivity contribution in [3.63, 3.8) is 0 Å². The van der Waals surface area contributed by atoms with Crippen LogP contribution < -0.4 is 5.32 Å². The highest BCUT2D eigenvalue weighted by atomic mass is 35.5. The third-order valence-electron chi connectivity index (χ3n) is 3.67. The molecular weight excluding hydrogens is 292 g/mol. The van der Waals surface area contributed by atoms with Crippen molar-refractivity contribution in [1.29, 1.82) is 0 Å². The molecule has 1 amide bonds. The van der Waals surface area contributed by atoms with Crippen molar-refractivity contribution in [3.05, 3.63) is 16.4 Å². The van der Waals surface area contributed by atoms with Gasteiger partial charge in [0.25, 0.3) is 0 Å². The van der Waals surface area contributed by atoms with Crippen LogP contribution in [-0.4, -0.2) is 53.4 Å². The quantitative estimate of drug-likeness (QED) is 0.795. The molecule has 1 saturated heterocycles. The van der Waals surface area contributed by atoms with Gasteiger partial charge in [0.15, 0.2) is 0 Å². The molecule has 0 radical (unpaired) electrons. The van der Waals surface area contributed by atoms with E-state index in [0.717, 1.165) is 22.8 Å². The lowest BCUT2D eigenvalue weighted by molar-refractivity contribution is -0.135. The molecule has 0 aliphatic carbocycles. The Kier molecular flexibility index (Phi) is 6.02. The van der Waals surface area contributed by atoms with Gasteiger partial charge in [-0.3, -0.25) is 9.48 Å². The van der Waals surface area contributed by atoms with E-state index >= 15 is 0 Å². The van der Waals surface area contributed by atoms with E-state index in [1.165, 1.54) is 0 Å². The Morgan fingerprint density at radius 2 is 2.14 bits per heavy atom. The van der Waals surface area contributed by atoms with Crippen LogP contribution in [0.25, 0.3) is 0 Å². The lowest BCUT2D eigenvalue weighted by atomic mass is 10.3. The van der Waals surface area contributed by atoms with Crippen molar-refractivity contribution in [2.75, 3.05) is 32.8 Å². The van der Waals surface area contributed by atoms with Gasteiger partial charge >= 0.3 is 0 Å². The van der Waals surface area contributed by atoms with Crippen LogP contribution in [0.5, 0.6) is 0 Å². The van der Waals surface area contributed by atoms with Gasteiger partial charge in [-0.05, 0) is 6.42 Å². The highest BCUT2D eigenvalue weighted by Gasteiger charge is 2.16.